The summed E-state index contributed by atoms with van der Waals surface area (Å²) in [5, 5.41) is 0. The Hall–Kier alpha value is -4.07. The topological polar surface area (TPSA) is 114 Å². The molecule has 38 heavy (non-hydrogen) atoms. The van der Waals surface area contributed by atoms with Crippen molar-refractivity contribution < 1.29 is 35.9 Å². The van der Waals surface area contributed by atoms with E-state index >= 15 is 0 Å². The number of amides is 1. The third-order valence-electron chi connectivity index (χ3n) is 5.62. The first-order valence-corrected chi connectivity index (χ1v) is 12.9. The highest BCUT2D eigenvalue weighted by molar-refractivity contribution is 7.92. The van der Waals surface area contributed by atoms with Crippen molar-refractivity contribution >= 4 is 27.4 Å². The van der Waals surface area contributed by atoms with Crippen LogP contribution in [0.25, 0.3) is 0 Å². The molecule has 4 rings (SSSR count). The minimum absolute atomic E-state index is 0.0735. The quantitative estimate of drug-likeness (QED) is 0.454. The lowest BCUT2D eigenvalue weighted by Crippen LogP contribution is -2.52. The number of nitrogens with zero attached hydrogens (tertiary/aromatic N) is 4. The first kappa shape index (κ1) is 27.0. The van der Waals surface area contributed by atoms with Gasteiger partial charge in [0.15, 0.2) is 6.10 Å². The zero-order valence-corrected chi connectivity index (χ0v) is 20.9. The van der Waals surface area contributed by atoms with Crippen LogP contribution in [0.2, 0.25) is 0 Å². The molecule has 2 heterocycles. The summed E-state index contributed by atoms with van der Waals surface area (Å²) in [6, 6.07) is 12.8. The van der Waals surface area contributed by atoms with Crippen LogP contribution >= 0.6 is 0 Å². The average molecular weight is 552 g/mol. The van der Waals surface area contributed by atoms with Crippen molar-refractivity contribution in [3.63, 3.8) is 0 Å². The zero-order valence-electron chi connectivity index (χ0n) is 20.1. The van der Waals surface area contributed by atoms with Gasteiger partial charge in [0, 0.05) is 44.1 Å². The second-order valence-corrected chi connectivity index (χ2v) is 9.97. The van der Waals surface area contributed by atoms with Gasteiger partial charge in [-0.3, -0.25) is 9.52 Å². The van der Waals surface area contributed by atoms with Gasteiger partial charge in [-0.15, -0.1) is 13.2 Å². The molecule has 1 aliphatic heterocycles. The van der Waals surface area contributed by atoms with Gasteiger partial charge in [-0.2, -0.15) is 0 Å². The minimum Gasteiger partial charge on any atom is -0.481 e. The van der Waals surface area contributed by atoms with Gasteiger partial charge < -0.3 is 19.3 Å². The predicted octanol–water partition coefficient (Wildman–Crippen LogP) is 3.29. The monoisotopic (exact) mass is 551 g/mol. The highest BCUT2D eigenvalue weighted by atomic mass is 32.2. The number of anilines is 2. The third-order valence-corrected chi connectivity index (χ3v) is 6.99. The van der Waals surface area contributed by atoms with Gasteiger partial charge in [-0.1, -0.05) is 6.07 Å². The molecule has 1 saturated heterocycles. The molecule has 0 spiro atoms. The van der Waals surface area contributed by atoms with Crippen LogP contribution in [-0.2, 0) is 14.8 Å². The maximum Gasteiger partial charge on any atom is 0.573 e. The summed E-state index contributed by atoms with van der Waals surface area (Å²) in [6.07, 6.45) is -3.09. The molecule has 1 unspecified atom stereocenters. The Balaban J connectivity index is 1.31. The molecule has 0 bridgehead atoms. The summed E-state index contributed by atoms with van der Waals surface area (Å²) in [5.41, 5.74) is 0.795. The highest BCUT2D eigenvalue weighted by Crippen LogP contribution is 2.27. The molecular formula is C24H24F3N5O5S. The molecule has 1 fully saturated rings. The number of alkyl halides is 3. The molecule has 1 aliphatic rings. The lowest BCUT2D eigenvalue weighted by Gasteiger charge is -2.37. The Morgan fingerprint density at radius 3 is 2.34 bits per heavy atom. The van der Waals surface area contributed by atoms with Crippen LogP contribution < -0.4 is 19.1 Å². The average Bonchev–Trinajstić information content (AvgIpc) is 2.88. The van der Waals surface area contributed by atoms with Crippen molar-refractivity contribution in [2.45, 2.75) is 24.3 Å². The second kappa shape index (κ2) is 11.1. The highest BCUT2D eigenvalue weighted by Gasteiger charge is 2.31. The number of carbonyl (C=O) groups is 1. The van der Waals surface area contributed by atoms with Gasteiger partial charge >= 0.3 is 6.36 Å². The number of rotatable bonds is 8. The van der Waals surface area contributed by atoms with E-state index < -0.39 is 28.2 Å². The van der Waals surface area contributed by atoms with Crippen molar-refractivity contribution in [3.8, 4) is 11.5 Å². The molecular weight excluding hydrogens is 527 g/mol. The van der Waals surface area contributed by atoms with E-state index in [0.29, 0.717) is 26.2 Å². The molecule has 202 valence electrons. The second-order valence-electron chi connectivity index (χ2n) is 8.29. The maximum absolute atomic E-state index is 12.9. The molecule has 14 heteroatoms. The van der Waals surface area contributed by atoms with Crippen LogP contribution in [-0.4, -0.2) is 67.8 Å². The molecule has 0 aliphatic carbocycles. The van der Waals surface area contributed by atoms with Crippen LogP contribution in [0.15, 0.2) is 72.0 Å². The number of hydrogen-bond acceptors (Lipinski definition) is 8. The Morgan fingerprint density at radius 1 is 1.03 bits per heavy atom. The smallest absolute Gasteiger partial charge is 0.481 e. The van der Waals surface area contributed by atoms with Gasteiger partial charge in [-0.25, -0.2) is 18.4 Å². The summed E-state index contributed by atoms with van der Waals surface area (Å²) >= 11 is 0. The lowest BCUT2D eigenvalue weighted by molar-refractivity contribution is -0.274. The van der Waals surface area contributed by atoms with Crippen molar-refractivity contribution in [1.29, 1.82) is 0 Å². The number of halogens is 3. The Bertz CT molecular complexity index is 1350. The number of aromatic nitrogens is 2. The van der Waals surface area contributed by atoms with E-state index in [9.17, 15) is 26.4 Å². The molecule has 0 radical (unpaired) electrons. The molecule has 3 aromatic rings. The summed E-state index contributed by atoms with van der Waals surface area (Å²) in [7, 11) is -3.82. The van der Waals surface area contributed by atoms with E-state index in [1.165, 1.54) is 49.8 Å². The maximum atomic E-state index is 12.9. The van der Waals surface area contributed by atoms with Crippen LogP contribution in [0.5, 0.6) is 11.5 Å². The summed E-state index contributed by atoms with van der Waals surface area (Å²) in [5.74, 6) is -0.503. The Kier molecular flexibility index (Phi) is 7.90. The summed E-state index contributed by atoms with van der Waals surface area (Å²) in [4.78, 5) is 24.2. The predicted molar refractivity (Wildman–Crippen MR) is 131 cm³/mol. The van der Waals surface area contributed by atoms with E-state index in [4.69, 9.17) is 4.74 Å². The minimum atomic E-state index is -4.83. The number of ether oxygens (including phenoxy) is 2. The molecule has 0 saturated carbocycles. The van der Waals surface area contributed by atoms with Gasteiger partial charge in [0.05, 0.1) is 4.90 Å². The SMILES string of the molecule is CC(Oc1cccc(OC(F)(F)F)c1)C(=O)N1CCN(c2ccc(S(=O)(=O)Nc3ccncn3)cc2)CC1. The Labute approximate surface area is 217 Å². The van der Waals surface area contributed by atoms with E-state index in [-0.39, 0.29) is 22.4 Å². The van der Waals surface area contributed by atoms with E-state index in [1.54, 1.807) is 17.0 Å². The van der Waals surface area contributed by atoms with Crippen molar-refractivity contribution in [2.75, 3.05) is 35.8 Å². The van der Waals surface area contributed by atoms with Crippen molar-refractivity contribution in [3.05, 3.63) is 67.1 Å². The molecule has 1 amide bonds. The van der Waals surface area contributed by atoms with Gasteiger partial charge in [0.2, 0.25) is 0 Å². The molecule has 2 aromatic carbocycles. The summed E-state index contributed by atoms with van der Waals surface area (Å²) in [6.45, 7) is 3.30. The molecule has 1 N–H and O–H groups in total. The van der Waals surface area contributed by atoms with Crippen molar-refractivity contribution in [2.24, 2.45) is 0 Å². The number of carbonyl (C=O) groups excluding carboxylic acids is 1. The fourth-order valence-corrected chi connectivity index (χ4v) is 4.83. The fourth-order valence-electron chi connectivity index (χ4n) is 3.83. The number of nitrogens with one attached hydrogen (secondary N) is 1. The fraction of sp³-hybridized carbons (Fsp3) is 0.292. The van der Waals surface area contributed by atoms with Gasteiger partial charge in [0.25, 0.3) is 15.9 Å². The first-order valence-electron chi connectivity index (χ1n) is 11.5. The third kappa shape index (κ3) is 7.03. The number of hydrogen-bond donors (Lipinski definition) is 1. The van der Waals surface area contributed by atoms with Crippen LogP contribution in [0.1, 0.15) is 6.92 Å². The number of sulfonamides is 1. The van der Waals surface area contributed by atoms with Gasteiger partial charge in [0.1, 0.15) is 23.6 Å². The molecule has 1 aromatic heterocycles. The standard InChI is InChI=1S/C24H24F3N5O5S/c1-17(36-19-3-2-4-20(15-19)37-24(25,26)27)23(33)32-13-11-31(12-14-32)18-5-7-21(8-6-18)38(34,35)30-22-9-10-28-16-29-22/h2-10,15-17H,11-14H2,1H3,(H,28,29,30). The normalized spacial score (nSPS) is 15.1. The van der Waals surface area contributed by atoms with E-state index in [0.717, 1.165) is 17.8 Å². The first-order chi connectivity index (χ1) is 18.0. The van der Waals surface area contributed by atoms with Gasteiger partial charge in [-0.05, 0) is 49.4 Å². The zero-order chi connectivity index (χ0) is 27.3. The van der Waals surface area contributed by atoms with Crippen LogP contribution in [0.3, 0.4) is 0 Å². The number of piperazine rings is 1. The van der Waals surface area contributed by atoms with Crippen LogP contribution in [0, 0.1) is 0 Å². The summed E-state index contributed by atoms with van der Waals surface area (Å²) < 4.78 is 74.4. The molecule has 1 atom stereocenters. The molecule has 10 nitrogen and oxygen atoms in total. The lowest BCUT2D eigenvalue weighted by atomic mass is 10.2. The Morgan fingerprint density at radius 2 is 1.71 bits per heavy atom. The van der Waals surface area contributed by atoms with Crippen molar-refractivity contribution in [1.82, 2.24) is 14.9 Å². The largest absolute Gasteiger partial charge is 0.573 e. The van der Waals surface area contributed by atoms with E-state index in [2.05, 4.69) is 19.4 Å². The van der Waals surface area contributed by atoms with Crippen LogP contribution in [0.4, 0.5) is 24.7 Å². The number of benzene rings is 2. The van der Waals surface area contributed by atoms with E-state index in [1.807, 2.05) is 4.90 Å².